The van der Waals surface area contributed by atoms with E-state index in [-0.39, 0.29) is 23.5 Å². The summed E-state index contributed by atoms with van der Waals surface area (Å²) in [7, 11) is 0. The highest BCUT2D eigenvalue weighted by Gasteiger charge is 2.28. The van der Waals surface area contributed by atoms with Crippen molar-refractivity contribution in [3.63, 3.8) is 0 Å². The molecule has 5 nitrogen and oxygen atoms in total. The molecule has 0 atom stereocenters. The number of hydrogen-bond donors (Lipinski definition) is 0. The molecular formula is C19H19NO4. The number of Topliss-reactive ketones (excluding diaryl/α,β-unsaturated/α-hetero) is 1. The van der Waals surface area contributed by atoms with Crippen molar-refractivity contribution >= 4 is 11.8 Å². The van der Waals surface area contributed by atoms with Crippen molar-refractivity contribution in [1.29, 1.82) is 0 Å². The van der Waals surface area contributed by atoms with Gasteiger partial charge >= 0.3 is 5.97 Å². The van der Waals surface area contributed by atoms with Crippen LogP contribution in [-0.4, -0.2) is 22.9 Å². The van der Waals surface area contributed by atoms with E-state index in [1.54, 1.807) is 6.92 Å². The molecule has 1 aliphatic rings. The van der Waals surface area contributed by atoms with E-state index in [1.807, 2.05) is 31.2 Å². The lowest BCUT2D eigenvalue weighted by atomic mass is 9.90. The number of benzene rings is 1. The lowest BCUT2D eigenvalue weighted by molar-refractivity contribution is 0.0522. The number of carbonyl (C=O) groups excluding carboxylic acids is 2. The van der Waals surface area contributed by atoms with E-state index in [0.717, 1.165) is 5.56 Å². The monoisotopic (exact) mass is 325 g/mol. The van der Waals surface area contributed by atoms with E-state index in [0.29, 0.717) is 36.2 Å². The summed E-state index contributed by atoms with van der Waals surface area (Å²) < 4.78 is 6.56. The van der Waals surface area contributed by atoms with Crippen LogP contribution in [0.3, 0.4) is 0 Å². The Kier molecular flexibility index (Phi) is 4.34. The molecule has 0 bridgehead atoms. The first-order valence-corrected chi connectivity index (χ1v) is 8.09. The van der Waals surface area contributed by atoms with Crippen LogP contribution in [0.4, 0.5) is 0 Å². The van der Waals surface area contributed by atoms with Gasteiger partial charge in [0.05, 0.1) is 17.7 Å². The smallest absolute Gasteiger partial charge is 0.339 e. The maximum absolute atomic E-state index is 12.7. The van der Waals surface area contributed by atoms with E-state index < -0.39 is 5.97 Å². The fourth-order valence-electron chi connectivity index (χ4n) is 3.10. The van der Waals surface area contributed by atoms with Crippen molar-refractivity contribution in [3.8, 4) is 5.69 Å². The van der Waals surface area contributed by atoms with E-state index in [1.165, 1.54) is 10.6 Å². The summed E-state index contributed by atoms with van der Waals surface area (Å²) in [6, 6.07) is 8.75. The molecule has 0 fully saturated rings. The number of fused-ring (bicyclic) bond motifs is 1. The molecule has 0 amide bonds. The predicted octanol–water partition coefficient (Wildman–Crippen LogP) is 2.84. The Morgan fingerprint density at radius 1 is 1.17 bits per heavy atom. The minimum Gasteiger partial charge on any atom is -0.462 e. The first-order valence-electron chi connectivity index (χ1n) is 8.09. The van der Waals surface area contributed by atoms with Gasteiger partial charge in [0.15, 0.2) is 5.78 Å². The third kappa shape index (κ3) is 2.77. The number of hydrogen-bond acceptors (Lipinski definition) is 4. The molecule has 0 spiro atoms. The standard InChI is InChI=1S/C19H19NO4/c1-3-24-19(23)14-11-17(22)20(13-9-7-12(2)8-10-13)15-5-4-6-16(21)18(14)15/h7-11H,3-6H2,1-2H3. The second-order valence-corrected chi connectivity index (χ2v) is 5.89. The second-order valence-electron chi connectivity index (χ2n) is 5.89. The van der Waals surface area contributed by atoms with Crippen LogP contribution >= 0.6 is 0 Å². The number of carbonyl (C=O) groups is 2. The minimum absolute atomic E-state index is 0.0879. The number of ketones is 1. The van der Waals surface area contributed by atoms with Crippen LogP contribution < -0.4 is 5.56 Å². The van der Waals surface area contributed by atoms with Crippen LogP contribution in [0.15, 0.2) is 35.1 Å². The molecule has 0 N–H and O–H groups in total. The zero-order valence-electron chi connectivity index (χ0n) is 13.8. The molecule has 1 aromatic heterocycles. The van der Waals surface area contributed by atoms with E-state index in [9.17, 15) is 14.4 Å². The van der Waals surface area contributed by atoms with E-state index in [4.69, 9.17) is 4.74 Å². The second kappa shape index (κ2) is 6.43. The highest BCUT2D eigenvalue weighted by molar-refractivity contribution is 6.07. The summed E-state index contributed by atoms with van der Waals surface area (Å²) in [6.07, 6.45) is 1.63. The summed E-state index contributed by atoms with van der Waals surface area (Å²) in [4.78, 5) is 37.3. The summed E-state index contributed by atoms with van der Waals surface area (Å²) >= 11 is 0. The average Bonchev–Trinajstić information content (AvgIpc) is 2.56. The highest BCUT2D eigenvalue weighted by atomic mass is 16.5. The molecule has 3 rings (SSSR count). The number of ether oxygens (including phenoxy) is 1. The number of esters is 1. The number of aryl methyl sites for hydroxylation is 1. The van der Waals surface area contributed by atoms with Crippen molar-refractivity contribution < 1.29 is 14.3 Å². The molecular weight excluding hydrogens is 306 g/mol. The quantitative estimate of drug-likeness (QED) is 0.814. The van der Waals surface area contributed by atoms with Crippen molar-refractivity contribution in [2.75, 3.05) is 6.61 Å². The van der Waals surface area contributed by atoms with Crippen molar-refractivity contribution in [1.82, 2.24) is 4.57 Å². The van der Waals surface area contributed by atoms with Crippen molar-refractivity contribution in [3.05, 3.63) is 63.1 Å². The summed E-state index contributed by atoms with van der Waals surface area (Å²) in [5.74, 6) is -0.725. The fourth-order valence-corrected chi connectivity index (χ4v) is 3.10. The Morgan fingerprint density at radius 3 is 2.54 bits per heavy atom. The average molecular weight is 325 g/mol. The van der Waals surface area contributed by atoms with Crippen LogP contribution in [0.2, 0.25) is 0 Å². The molecule has 24 heavy (non-hydrogen) atoms. The zero-order valence-corrected chi connectivity index (χ0v) is 13.8. The Hall–Kier alpha value is -2.69. The van der Waals surface area contributed by atoms with Gasteiger partial charge < -0.3 is 4.74 Å². The molecule has 0 saturated carbocycles. The first-order chi connectivity index (χ1) is 11.5. The molecule has 124 valence electrons. The summed E-state index contributed by atoms with van der Waals surface area (Å²) in [5.41, 5.74) is 2.48. The van der Waals surface area contributed by atoms with Gasteiger partial charge in [0.2, 0.25) is 0 Å². The van der Waals surface area contributed by atoms with Gasteiger partial charge in [0.25, 0.3) is 5.56 Å². The maximum atomic E-state index is 12.7. The Balaban J connectivity index is 2.27. The summed E-state index contributed by atoms with van der Waals surface area (Å²) in [6.45, 7) is 3.86. The van der Waals surface area contributed by atoms with Gasteiger partial charge in [0, 0.05) is 23.9 Å². The van der Waals surface area contributed by atoms with Crippen LogP contribution in [0.5, 0.6) is 0 Å². The van der Waals surface area contributed by atoms with Gasteiger partial charge in [-0.25, -0.2) is 4.79 Å². The van der Waals surface area contributed by atoms with Gasteiger partial charge in [0.1, 0.15) is 0 Å². The van der Waals surface area contributed by atoms with Gasteiger partial charge in [-0.2, -0.15) is 0 Å². The number of pyridine rings is 1. The minimum atomic E-state index is -0.614. The van der Waals surface area contributed by atoms with Crippen molar-refractivity contribution in [2.24, 2.45) is 0 Å². The van der Waals surface area contributed by atoms with E-state index in [2.05, 4.69) is 0 Å². The lowest BCUT2D eigenvalue weighted by Gasteiger charge is -2.22. The van der Waals surface area contributed by atoms with Gasteiger partial charge in [-0.05, 0) is 38.8 Å². The van der Waals surface area contributed by atoms with Crippen molar-refractivity contribution in [2.45, 2.75) is 33.1 Å². The van der Waals surface area contributed by atoms with Gasteiger partial charge in [-0.15, -0.1) is 0 Å². The highest BCUT2D eigenvalue weighted by Crippen LogP contribution is 2.26. The van der Waals surface area contributed by atoms with Gasteiger partial charge in [-0.1, -0.05) is 17.7 Å². The lowest BCUT2D eigenvalue weighted by Crippen LogP contribution is -2.30. The SMILES string of the molecule is CCOC(=O)c1cc(=O)n(-c2ccc(C)cc2)c2c1C(=O)CCC2. The Morgan fingerprint density at radius 2 is 1.88 bits per heavy atom. The first kappa shape index (κ1) is 16.2. The van der Waals surface area contributed by atoms with Crippen LogP contribution in [0.1, 0.15) is 51.7 Å². The van der Waals surface area contributed by atoms with Crippen LogP contribution in [0, 0.1) is 6.92 Å². The molecule has 1 heterocycles. The number of aromatic nitrogens is 1. The number of nitrogens with zero attached hydrogens (tertiary/aromatic N) is 1. The number of rotatable bonds is 3. The molecule has 5 heteroatoms. The normalized spacial score (nSPS) is 13.5. The molecule has 2 aromatic rings. The Labute approximate surface area is 139 Å². The molecule has 0 saturated heterocycles. The molecule has 0 radical (unpaired) electrons. The topological polar surface area (TPSA) is 65.4 Å². The zero-order chi connectivity index (χ0) is 17.3. The molecule has 0 aliphatic heterocycles. The summed E-state index contributed by atoms with van der Waals surface area (Å²) in [5, 5.41) is 0. The van der Waals surface area contributed by atoms with E-state index >= 15 is 0 Å². The maximum Gasteiger partial charge on any atom is 0.339 e. The van der Waals surface area contributed by atoms with Crippen LogP contribution in [-0.2, 0) is 11.2 Å². The molecule has 1 aliphatic carbocycles. The third-order valence-electron chi connectivity index (χ3n) is 4.20. The Bertz CT molecular complexity index is 862. The fraction of sp³-hybridized carbons (Fsp3) is 0.316. The van der Waals surface area contributed by atoms with Gasteiger partial charge in [-0.3, -0.25) is 14.2 Å². The molecule has 0 unspecified atom stereocenters. The molecule has 1 aromatic carbocycles. The predicted molar refractivity (Wildman–Crippen MR) is 90.0 cm³/mol. The third-order valence-corrected chi connectivity index (χ3v) is 4.20. The van der Waals surface area contributed by atoms with Crippen LogP contribution in [0.25, 0.3) is 5.69 Å². The largest absolute Gasteiger partial charge is 0.462 e.